The van der Waals surface area contributed by atoms with Crippen LogP contribution in [0, 0.1) is 10.1 Å². The van der Waals surface area contributed by atoms with Gasteiger partial charge in [0.1, 0.15) is 0 Å². The van der Waals surface area contributed by atoms with Crippen LogP contribution in [0.3, 0.4) is 0 Å². The molecule has 0 saturated carbocycles. The number of carbonyl (C=O) groups is 1. The van der Waals surface area contributed by atoms with Crippen LogP contribution in [-0.2, 0) is 6.54 Å². The number of hydrogen-bond acceptors (Lipinski definition) is 8. The van der Waals surface area contributed by atoms with Gasteiger partial charge in [0.05, 0.1) is 29.2 Å². The third-order valence-electron chi connectivity index (χ3n) is 4.48. The minimum Gasteiger partial charge on any atom is -0.454 e. The van der Waals surface area contributed by atoms with Crippen molar-refractivity contribution in [1.82, 2.24) is 5.32 Å². The average Bonchev–Trinajstić information content (AvgIpc) is 3.19. The van der Waals surface area contributed by atoms with E-state index in [-0.39, 0.29) is 30.3 Å². The fraction of sp³-hybridized carbons (Fsp3) is 0.316. The molecule has 0 saturated heterocycles. The summed E-state index contributed by atoms with van der Waals surface area (Å²) in [7, 11) is 0. The van der Waals surface area contributed by atoms with Crippen molar-refractivity contribution in [3.8, 4) is 11.5 Å². The molecule has 29 heavy (non-hydrogen) atoms. The first-order valence-corrected chi connectivity index (χ1v) is 8.80. The van der Waals surface area contributed by atoms with Crippen molar-refractivity contribution in [2.45, 2.75) is 19.0 Å². The van der Waals surface area contributed by atoms with Crippen LogP contribution in [0.5, 0.6) is 11.5 Å². The fourth-order valence-corrected chi connectivity index (χ4v) is 2.73. The van der Waals surface area contributed by atoms with Crippen molar-refractivity contribution in [2.24, 2.45) is 0 Å². The number of fused-ring (bicyclic) bond motifs is 1. The van der Waals surface area contributed by atoms with Crippen LogP contribution in [0.25, 0.3) is 0 Å². The van der Waals surface area contributed by atoms with Crippen LogP contribution >= 0.6 is 0 Å². The van der Waals surface area contributed by atoms with E-state index < -0.39 is 29.6 Å². The third kappa shape index (κ3) is 4.55. The molecule has 10 heteroatoms. The van der Waals surface area contributed by atoms with E-state index in [1.165, 1.54) is 12.1 Å². The second kappa shape index (κ2) is 8.33. The predicted molar refractivity (Wildman–Crippen MR) is 103 cm³/mol. The number of aliphatic hydroxyl groups is 2. The summed E-state index contributed by atoms with van der Waals surface area (Å²) in [5.74, 6) is 0.653. The Kier molecular flexibility index (Phi) is 5.85. The van der Waals surface area contributed by atoms with Crippen molar-refractivity contribution in [2.75, 3.05) is 25.3 Å². The quantitative estimate of drug-likeness (QED) is 0.383. The standard InChI is InChI=1S/C19H21N3O7/c1-19(9-23,10-24)21-15-4-3-13(22(26)27)7-14(15)18(25)20-8-12-2-5-16-17(6-12)29-11-28-16/h2-7,21,23-24H,8-11H2,1H3,(H,20,25). The molecular formula is C19H21N3O7. The Morgan fingerprint density at radius 1 is 1.17 bits per heavy atom. The second-order valence-corrected chi connectivity index (χ2v) is 6.86. The lowest BCUT2D eigenvalue weighted by Crippen LogP contribution is -2.43. The minimum atomic E-state index is -1.11. The lowest BCUT2D eigenvalue weighted by atomic mass is 10.0. The molecule has 4 N–H and O–H groups in total. The van der Waals surface area contributed by atoms with Crippen molar-refractivity contribution in [3.63, 3.8) is 0 Å². The van der Waals surface area contributed by atoms with Gasteiger partial charge in [0, 0.05) is 24.4 Å². The monoisotopic (exact) mass is 403 g/mol. The van der Waals surface area contributed by atoms with E-state index in [0.717, 1.165) is 11.6 Å². The van der Waals surface area contributed by atoms with Gasteiger partial charge in [-0.25, -0.2) is 0 Å². The van der Waals surface area contributed by atoms with Gasteiger partial charge in [0.25, 0.3) is 11.6 Å². The molecule has 0 radical (unpaired) electrons. The number of benzene rings is 2. The highest BCUT2D eigenvalue weighted by Gasteiger charge is 2.26. The molecule has 0 fully saturated rings. The highest BCUT2D eigenvalue weighted by molar-refractivity contribution is 6.00. The molecule has 0 aliphatic carbocycles. The first-order valence-electron chi connectivity index (χ1n) is 8.80. The first kappa shape index (κ1) is 20.4. The minimum absolute atomic E-state index is 0.0214. The van der Waals surface area contributed by atoms with Crippen LogP contribution in [0.4, 0.5) is 11.4 Å². The summed E-state index contributed by atoms with van der Waals surface area (Å²) in [6.45, 7) is 1.05. The lowest BCUT2D eigenvalue weighted by Gasteiger charge is -2.28. The highest BCUT2D eigenvalue weighted by Crippen LogP contribution is 2.32. The Hall–Kier alpha value is -3.37. The van der Waals surface area contributed by atoms with Crippen LogP contribution in [0.1, 0.15) is 22.8 Å². The number of aliphatic hydroxyl groups excluding tert-OH is 2. The zero-order valence-corrected chi connectivity index (χ0v) is 15.7. The van der Waals surface area contributed by atoms with E-state index >= 15 is 0 Å². The van der Waals surface area contributed by atoms with Crippen molar-refractivity contribution < 1.29 is 29.4 Å². The van der Waals surface area contributed by atoms with Gasteiger partial charge < -0.3 is 30.3 Å². The van der Waals surface area contributed by atoms with Crippen LogP contribution < -0.4 is 20.1 Å². The van der Waals surface area contributed by atoms with Crippen molar-refractivity contribution in [3.05, 3.63) is 57.6 Å². The normalized spacial score (nSPS) is 12.5. The number of nitrogens with one attached hydrogen (secondary N) is 2. The maximum Gasteiger partial charge on any atom is 0.270 e. The van der Waals surface area contributed by atoms with E-state index in [0.29, 0.717) is 11.5 Å². The van der Waals surface area contributed by atoms with Gasteiger partial charge in [-0.15, -0.1) is 0 Å². The SMILES string of the molecule is CC(CO)(CO)Nc1ccc([N+](=O)[O-])cc1C(=O)NCc1ccc2c(c1)OCO2. The average molecular weight is 403 g/mol. The molecule has 0 spiro atoms. The molecular weight excluding hydrogens is 382 g/mol. The van der Waals surface area contributed by atoms with Crippen LogP contribution in [-0.4, -0.2) is 46.6 Å². The number of anilines is 1. The number of rotatable bonds is 8. The molecule has 1 heterocycles. The van der Waals surface area contributed by atoms with Crippen LogP contribution in [0.15, 0.2) is 36.4 Å². The van der Waals surface area contributed by atoms with Gasteiger partial charge in [-0.05, 0) is 30.7 Å². The molecule has 154 valence electrons. The molecule has 0 unspecified atom stereocenters. The lowest BCUT2D eigenvalue weighted by molar-refractivity contribution is -0.384. The zero-order chi connectivity index (χ0) is 21.0. The van der Waals surface area contributed by atoms with Gasteiger partial charge in [0.15, 0.2) is 11.5 Å². The molecule has 2 aromatic rings. The number of nitro groups is 1. The van der Waals surface area contributed by atoms with E-state index in [1.54, 1.807) is 25.1 Å². The van der Waals surface area contributed by atoms with Crippen molar-refractivity contribution in [1.29, 1.82) is 0 Å². The Labute approximate surface area is 166 Å². The number of nitrogens with zero attached hydrogens (tertiary/aromatic N) is 1. The molecule has 1 aliphatic rings. The van der Waals surface area contributed by atoms with E-state index in [1.807, 2.05) is 0 Å². The highest BCUT2D eigenvalue weighted by atomic mass is 16.7. The van der Waals surface area contributed by atoms with Gasteiger partial charge in [-0.3, -0.25) is 14.9 Å². The molecule has 1 amide bonds. The largest absolute Gasteiger partial charge is 0.454 e. The molecule has 0 aromatic heterocycles. The van der Waals surface area contributed by atoms with Gasteiger partial charge in [0.2, 0.25) is 6.79 Å². The predicted octanol–water partition coefficient (Wildman–Crippen LogP) is 1.41. The summed E-state index contributed by atoms with van der Waals surface area (Å²) in [5, 5.41) is 35.7. The molecule has 0 atom stereocenters. The smallest absolute Gasteiger partial charge is 0.270 e. The summed E-state index contributed by atoms with van der Waals surface area (Å²) < 4.78 is 10.5. The number of hydrogen-bond donors (Lipinski definition) is 4. The van der Waals surface area contributed by atoms with E-state index in [2.05, 4.69) is 10.6 Å². The summed E-state index contributed by atoms with van der Waals surface area (Å²) in [4.78, 5) is 23.3. The zero-order valence-electron chi connectivity index (χ0n) is 15.7. The Balaban J connectivity index is 1.81. The van der Waals surface area contributed by atoms with Crippen molar-refractivity contribution >= 4 is 17.3 Å². The van der Waals surface area contributed by atoms with Gasteiger partial charge in [-0.2, -0.15) is 0 Å². The first-order chi connectivity index (χ1) is 13.8. The number of nitro benzene ring substituents is 1. The fourth-order valence-electron chi connectivity index (χ4n) is 2.73. The Morgan fingerprint density at radius 3 is 2.59 bits per heavy atom. The van der Waals surface area contributed by atoms with E-state index in [4.69, 9.17) is 9.47 Å². The molecule has 0 bridgehead atoms. The maximum atomic E-state index is 12.8. The summed E-state index contributed by atoms with van der Waals surface area (Å²) in [6.07, 6.45) is 0. The molecule has 3 rings (SSSR count). The Morgan fingerprint density at radius 2 is 1.90 bits per heavy atom. The topological polar surface area (TPSA) is 143 Å². The summed E-state index contributed by atoms with van der Waals surface area (Å²) in [5.41, 5.74) is -0.323. The third-order valence-corrected chi connectivity index (χ3v) is 4.48. The number of carbonyl (C=O) groups excluding carboxylic acids is 1. The van der Waals surface area contributed by atoms with Gasteiger partial charge in [-0.1, -0.05) is 6.07 Å². The molecule has 10 nitrogen and oxygen atoms in total. The second-order valence-electron chi connectivity index (χ2n) is 6.86. The van der Waals surface area contributed by atoms with Gasteiger partial charge >= 0.3 is 0 Å². The summed E-state index contributed by atoms with van der Waals surface area (Å²) >= 11 is 0. The number of amides is 1. The molecule has 2 aromatic carbocycles. The maximum absolute atomic E-state index is 12.8. The number of non-ortho nitro benzene ring substituents is 1. The summed E-state index contributed by atoms with van der Waals surface area (Å²) in [6, 6.07) is 9.01. The Bertz CT molecular complexity index is 928. The van der Waals surface area contributed by atoms with Crippen LogP contribution in [0.2, 0.25) is 0 Å². The van der Waals surface area contributed by atoms with E-state index in [9.17, 15) is 25.1 Å². The number of ether oxygens (including phenoxy) is 2. The molecule has 1 aliphatic heterocycles.